The van der Waals surface area contributed by atoms with E-state index in [2.05, 4.69) is 50.3 Å². The van der Waals surface area contributed by atoms with Gasteiger partial charge in [-0.3, -0.25) is 15.0 Å². The van der Waals surface area contributed by atoms with E-state index in [4.69, 9.17) is 21.0 Å². The Morgan fingerprint density at radius 1 is 1.12 bits per heavy atom. The van der Waals surface area contributed by atoms with Crippen LogP contribution in [0.3, 0.4) is 0 Å². The van der Waals surface area contributed by atoms with Gasteiger partial charge in [0.05, 0.1) is 29.4 Å². The van der Waals surface area contributed by atoms with Crippen LogP contribution in [0.1, 0.15) is 77.2 Å². The number of alkyl halides is 2. The number of carbonyl (C=O) groups excluding carboxylic acids is 1. The summed E-state index contributed by atoms with van der Waals surface area (Å²) in [5.41, 5.74) is 0.204. The normalized spacial score (nSPS) is 17.8. The molecule has 2 amide bonds. The van der Waals surface area contributed by atoms with Crippen molar-refractivity contribution in [3.63, 3.8) is 0 Å². The second-order valence-corrected chi connectivity index (χ2v) is 19.9. The maximum atomic E-state index is 15.0. The molecule has 10 nitrogen and oxygen atoms in total. The summed E-state index contributed by atoms with van der Waals surface area (Å²) in [6.45, 7) is 13.5. The molecule has 2 atom stereocenters. The first-order chi connectivity index (χ1) is 22.2. The lowest BCUT2D eigenvalue weighted by Gasteiger charge is -2.39. The number of nitrogens with one attached hydrogen (secondary N) is 1. The number of aromatic nitrogens is 2. The number of rotatable bonds is 9. The summed E-state index contributed by atoms with van der Waals surface area (Å²) in [6, 6.07) is 12.8. The zero-order valence-corrected chi connectivity index (χ0v) is 30.1. The number of halogens is 3. The molecule has 2 heterocycles. The van der Waals surface area contributed by atoms with Crippen LogP contribution in [0.2, 0.25) is 23.2 Å². The molecule has 0 bridgehead atoms. The number of hydrogen-bond donors (Lipinski definition) is 2. The molecule has 1 aliphatic heterocycles. The molecule has 0 fully saturated rings. The largest absolute Gasteiger partial charge is 0.465 e. The molecule has 0 saturated heterocycles. The number of benzene rings is 2. The number of nitriles is 1. The minimum Gasteiger partial charge on any atom is -0.465 e. The quantitative estimate of drug-likeness (QED) is 0.216. The van der Waals surface area contributed by atoms with Crippen molar-refractivity contribution in [3.8, 4) is 17.2 Å². The molecule has 14 heteroatoms. The molecule has 0 unspecified atom stereocenters. The Morgan fingerprint density at radius 2 is 1.77 bits per heavy atom. The summed E-state index contributed by atoms with van der Waals surface area (Å²) in [5, 5.41) is 25.8. The standard InChI is InChI=1S/C34H41ClF2N6O4Si/c1-32(2,3)20-34(25-12-9-21(10-13-25)24-17-39-42(18-24)29(36)37)28(44)43(30(41-34)40-31(45)46)27(19-47-48(7,8)33(4,5)6)22-11-14-26(35)23(15-22)16-38/h9-15,17-18,27,29H,19-20H2,1-8H3,(H,40,41)(H,45,46)/t27-,34-/m1/s1. The van der Waals surface area contributed by atoms with Crippen LogP contribution in [-0.4, -0.2) is 52.7 Å². The van der Waals surface area contributed by atoms with Gasteiger partial charge in [-0.2, -0.15) is 19.1 Å². The Kier molecular flexibility index (Phi) is 10.3. The van der Waals surface area contributed by atoms with Crippen molar-refractivity contribution in [2.45, 2.75) is 84.2 Å². The molecule has 1 aliphatic rings. The molecule has 2 N–H and O–H groups in total. The second-order valence-electron chi connectivity index (χ2n) is 14.6. The van der Waals surface area contributed by atoms with Crippen LogP contribution in [0.25, 0.3) is 11.1 Å². The van der Waals surface area contributed by atoms with Crippen LogP contribution in [-0.2, 0) is 14.8 Å². The average Bonchev–Trinajstić information content (AvgIpc) is 3.57. The Bertz CT molecular complexity index is 1760. The van der Waals surface area contributed by atoms with Crippen LogP contribution in [0, 0.1) is 16.7 Å². The van der Waals surface area contributed by atoms with Gasteiger partial charge in [-0.05, 0) is 58.8 Å². The van der Waals surface area contributed by atoms with Gasteiger partial charge in [-0.15, -0.1) is 0 Å². The number of guanidine groups is 1. The first kappa shape index (κ1) is 36.7. The van der Waals surface area contributed by atoms with E-state index in [9.17, 15) is 23.9 Å². The highest BCUT2D eigenvalue weighted by Gasteiger charge is 2.54. The summed E-state index contributed by atoms with van der Waals surface area (Å²) in [4.78, 5) is 33.4. The first-order valence-electron chi connectivity index (χ1n) is 15.4. The Hall–Kier alpha value is -4.12. The van der Waals surface area contributed by atoms with Crippen molar-refractivity contribution in [1.29, 1.82) is 5.26 Å². The van der Waals surface area contributed by atoms with Gasteiger partial charge in [0, 0.05) is 11.8 Å². The Labute approximate surface area is 285 Å². The van der Waals surface area contributed by atoms with Crippen LogP contribution < -0.4 is 5.32 Å². The van der Waals surface area contributed by atoms with Crippen molar-refractivity contribution in [3.05, 3.63) is 76.6 Å². The number of nitrogens with zero attached hydrogens (tertiary/aromatic N) is 5. The van der Waals surface area contributed by atoms with Gasteiger partial charge >= 0.3 is 12.6 Å². The Balaban J connectivity index is 1.89. The highest BCUT2D eigenvalue weighted by molar-refractivity contribution is 6.74. The molecule has 1 aromatic heterocycles. The van der Waals surface area contributed by atoms with Crippen molar-refractivity contribution in [2.24, 2.45) is 10.4 Å². The van der Waals surface area contributed by atoms with Gasteiger partial charge in [0.1, 0.15) is 6.07 Å². The summed E-state index contributed by atoms with van der Waals surface area (Å²) in [6.07, 6.45) is 1.34. The number of aliphatic imine (C=N–C) groups is 1. The fourth-order valence-electron chi connectivity index (χ4n) is 5.42. The van der Waals surface area contributed by atoms with Crippen molar-refractivity contribution < 1.29 is 27.9 Å². The van der Waals surface area contributed by atoms with Crippen molar-refractivity contribution in [2.75, 3.05) is 6.61 Å². The summed E-state index contributed by atoms with van der Waals surface area (Å²) in [7, 11) is -2.40. The highest BCUT2D eigenvalue weighted by atomic mass is 35.5. The van der Waals surface area contributed by atoms with E-state index >= 15 is 4.79 Å². The smallest absolute Gasteiger partial charge is 0.411 e. The molecule has 2 aromatic carbocycles. The van der Waals surface area contributed by atoms with Crippen LogP contribution in [0.5, 0.6) is 0 Å². The molecule has 4 rings (SSSR count). The molecule has 48 heavy (non-hydrogen) atoms. The highest BCUT2D eigenvalue weighted by Crippen LogP contribution is 2.46. The van der Waals surface area contributed by atoms with Gasteiger partial charge < -0.3 is 9.53 Å². The minimum absolute atomic E-state index is 0.00624. The SMILES string of the molecule is CC(C)(C)C[C@]1(c2ccc(-c3cnn(C(F)F)c3)cc2)N=C(NC(=O)O)N([C@H](CO[Si](C)(C)C(C)(C)C)c2ccc(Cl)c(C#N)c2)C1=O. The topological polar surface area (TPSA) is 133 Å². The monoisotopic (exact) mass is 698 g/mol. The zero-order valence-electron chi connectivity index (χ0n) is 28.3. The van der Waals surface area contributed by atoms with Gasteiger partial charge in [-0.25, -0.2) is 14.5 Å². The van der Waals surface area contributed by atoms with E-state index in [1.807, 2.05) is 20.8 Å². The van der Waals surface area contributed by atoms with E-state index in [0.29, 0.717) is 26.9 Å². The lowest BCUT2D eigenvalue weighted by Crippen LogP contribution is -2.51. The summed E-state index contributed by atoms with van der Waals surface area (Å²) >= 11 is 6.28. The third kappa shape index (κ3) is 7.61. The van der Waals surface area contributed by atoms with E-state index in [0.717, 1.165) is 0 Å². The lowest BCUT2D eigenvalue weighted by atomic mass is 9.75. The van der Waals surface area contributed by atoms with Gasteiger partial charge in [-0.1, -0.05) is 83.5 Å². The molecule has 0 saturated carbocycles. The maximum Gasteiger partial charge on any atom is 0.411 e. The number of amides is 2. The van der Waals surface area contributed by atoms with E-state index in [1.165, 1.54) is 17.3 Å². The number of carboxylic acid groups (broad SMARTS) is 1. The predicted molar refractivity (Wildman–Crippen MR) is 182 cm³/mol. The van der Waals surface area contributed by atoms with Crippen LogP contribution in [0.4, 0.5) is 13.6 Å². The molecular weight excluding hydrogens is 658 g/mol. The summed E-state index contributed by atoms with van der Waals surface area (Å²) in [5.74, 6) is -0.673. The molecular formula is C34H41ClF2N6O4Si. The first-order valence-corrected chi connectivity index (χ1v) is 18.7. The third-order valence-corrected chi connectivity index (χ3v) is 13.6. The average molecular weight is 699 g/mol. The van der Waals surface area contributed by atoms with Crippen molar-refractivity contribution in [1.82, 2.24) is 20.0 Å². The molecule has 0 aliphatic carbocycles. The van der Waals surface area contributed by atoms with Gasteiger partial charge in [0.15, 0.2) is 13.9 Å². The summed E-state index contributed by atoms with van der Waals surface area (Å²) < 4.78 is 33.5. The van der Waals surface area contributed by atoms with Gasteiger partial charge in [0.25, 0.3) is 5.91 Å². The third-order valence-electron chi connectivity index (χ3n) is 8.82. The predicted octanol–water partition coefficient (Wildman–Crippen LogP) is 8.33. The van der Waals surface area contributed by atoms with Crippen molar-refractivity contribution >= 4 is 37.9 Å². The van der Waals surface area contributed by atoms with E-state index in [-0.39, 0.29) is 34.6 Å². The molecule has 3 aromatic rings. The lowest BCUT2D eigenvalue weighted by molar-refractivity contribution is -0.135. The minimum atomic E-state index is -2.79. The number of carbonyl (C=O) groups is 2. The molecule has 0 spiro atoms. The Morgan fingerprint density at radius 3 is 2.29 bits per heavy atom. The van der Waals surface area contributed by atoms with E-state index < -0.39 is 43.9 Å². The zero-order chi connectivity index (χ0) is 35.8. The van der Waals surface area contributed by atoms with Crippen LogP contribution in [0.15, 0.2) is 59.9 Å². The fraction of sp³-hybridized carbons (Fsp3) is 0.441. The fourth-order valence-corrected chi connectivity index (χ4v) is 6.58. The molecule has 0 radical (unpaired) electrons. The maximum absolute atomic E-state index is 15.0. The van der Waals surface area contributed by atoms with Gasteiger partial charge in [0.2, 0.25) is 5.96 Å². The molecule has 256 valence electrons. The van der Waals surface area contributed by atoms with E-state index in [1.54, 1.807) is 42.5 Å². The van der Waals surface area contributed by atoms with Crippen LogP contribution >= 0.6 is 11.6 Å². The number of hydrogen-bond acceptors (Lipinski definition) is 6. The second kappa shape index (κ2) is 13.4.